The summed E-state index contributed by atoms with van der Waals surface area (Å²) in [5.74, 6) is -1.03. The molecule has 4 atom stereocenters. The number of carbonyl (C=O) groups excluding carboxylic acids is 2. The molecule has 0 aromatic carbocycles. The van der Waals surface area contributed by atoms with Gasteiger partial charge < -0.3 is 23.7 Å². The molecule has 1 saturated heterocycles. The van der Waals surface area contributed by atoms with Gasteiger partial charge in [-0.05, 0) is 13.8 Å². The Balaban J connectivity index is 2.50. The van der Waals surface area contributed by atoms with Crippen LogP contribution in [0.3, 0.4) is 0 Å². The third-order valence-electron chi connectivity index (χ3n) is 2.88. The lowest BCUT2D eigenvalue weighted by atomic mass is 10.2. The molecule has 1 aliphatic rings. The Bertz CT molecular complexity index is 287. The number of hydrogen-bond donors (Lipinski definition) is 0. The first-order valence-electron chi connectivity index (χ1n) is 6.04. The zero-order valence-corrected chi connectivity index (χ0v) is 11.6. The molecule has 1 rings (SSSR count). The first-order chi connectivity index (χ1) is 8.99. The van der Waals surface area contributed by atoms with Gasteiger partial charge in [-0.15, -0.1) is 0 Å². The fourth-order valence-electron chi connectivity index (χ4n) is 1.42. The summed E-state index contributed by atoms with van der Waals surface area (Å²) in [4.78, 5) is 23.2. The average molecular weight is 276 g/mol. The zero-order chi connectivity index (χ0) is 14.4. The van der Waals surface area contributed by atoms with Crippen molar-refractivity contribution in [2.75, 3.05) is 27.4 Å². The minimum Gasteiger partial charge on any atom is -0.454 e. The van der Waals surface area contributed by atoms with Crippen LogP contribution in [0.2, 0.25) is 0 Å². The smallest absolute Gasteiger partial charge is 0.335 e. The summed E-state index contributed by atoms with van der Waals surface area (Å²) in [5, 5.41) is 0. The van der Waals surface area contributed by atoms with Crippen molar-refractivity contribution in [3.05, 3.63) is 0 Å². The van der Waals surface area contributed by atoms with Gasteiger partial charge in [-0.3, -0.25) is 0 Å². The van der Waals surface area contributed by atoms with Gasteiger partial charge in [-0.2, -0.15) is 0 Å². The Labute approximate surface area is 112 Å². The van der Waals surface area contributed by atoms with Crippen LogP contribution >= 0.6 is 0 Å². The summed E-state index contributed by atoms with van der Waals surface area (Å²) in [7, 11) is 2.82. The van der Waals surface area contributed by atoms with Crippen LogP contribution in [0.5, 0.6) is 0 Å². The van der Waals surface area contributed by atoms with E-state index in [-0.39, 0.29) is 13.2 Å². The molecule has 0 spiro atoms. The highest BCUT2D eigenvalue weighted by Gasteiger charge is 2.36. The predicted molar refractivity (Wildman–Crippen MR) is 63.5 cm³/mol. The maximum absolute atomic E-state index is 11.6. The highest BCUT2D eigenvalue weighted by molar-refractivity contribution is 5.75. The van der Waals surface area contributed by atoms with E-state index >= 15 is 0 Å². The molecule has 0 saturated carbocycles. The number of carbonyl (C=O) groups is 2. The molecule has 0 aromatic rings. The Morgan fingerprint density at radius 1 is 0.947 bits per heavy atom. The molecule has 0 radical (unpaired) electrons. The van der Waals surface area contributed by atoms with E-state index in [1.807, 2.05) is 0 Å². The van der Waals surface area contributed by atoms with Crippen LogP contribution in [0.25, 0.3) is 0 Å². The second kappa shape index (κ2) is 7.42. The molecular weight excluding hydrogens is 256 g/mol. The molecule has 1 fully saturated rings. The van der Waals surface area contributed by atoms with E-state index in [1.165, 1.54) is 14.2 Å². The highest BCUT2D eigenvalue weighted by Crippen LogP contribution is 2.16. The minimum absolute atomic E-state index is 0.196. The van der Waals surface area contributed by atoms with Crippen LogP contribution in [0.4, 0.5) is 0 Å². The van der Waals surface area contributed by atoms with Gasteiger partial charge in [0.2, 0.25) is 0 Å². The summed E-state index contributed by atoms with van der Waals surface area (Å²) < 4.78 is 25.2. The summed E-state index contributed by atoms with van der Waals surface area (Å²) in [5.41, 5.74) is 0. The molecular formula is C12H20O7. The van der Waals surface area contributed by atoms with E-state index in [0.717, 1.165) is 0 Å². The predicted octanol–water partition coefficient (Wildman–Crippen LogP) is -0.0900. The van der Waals surface area contributed by atoms with Gasteiger partial charge in [0.1, 0.15) is 0 Å². The molecule has 1 aliphatic heterocycles. The van der Waals surface area contributed by atoms with Gasteiger partial charge in [-0.1, -0.05) is 0 Å². The van der Waals surface area contributed by atoms with Crippen molar-refractivity contribution in [2.24, 2.45) is 0 Å². The van der Waals surface area contributed by atoms with Crippen LogP contribution in [0.15, 0.2) is 0 Å². The van der Waals surface area contributed by atoms with Gasteiger partial charge in [0.15, 0.2) is 24.4 Å². The monoisotopic (exact) mass is 276 g/mol. The molecule has 7 heteroatoms. The van der Waals surface area contributed by atoms with Gasteiger partial charge in [0.05, 0.1) is 13.2 Å². The first-order valence-corrected chi connectivity index (χ1v) is 6.04. The topological polar surface area (TPSA) is 80.3 Å². The molecule has 0 aliphatic carbocycles. The van der Waals surface area contributed by atoms with E-state index in [4.69, 9.17) is 23.7 Å². The molecule has 110 valence electrons. The molecule has 0 amide bonds. The molecule has 0 bridgehead atoms. The maximum atomic E-state index is 11.6. The van der Waals surface area contributed by atoms with Crippen LogP contribution in [-0.4, -0.2) is 63.8 Å². The second-order valence-electron chi connectivity index (χ2n) is 4.24. The van der Waals surface area contributed by atoms with Crippen LogP contribution in [0, 0.1) is 0 Å². The van der Waals surface area contributed by atoms with Crippen LogP contribution in [-0.2, 0) is 33.3 Å². The van der Waals surface area contributed by atoms with E-state index in [1.54, 1.807) is 13.8 Å². The normalized spacial score (nSPS) is 25.7. The Hall–Kier alpha value is -1.18. The lowest BCUT2D eigenvalue weighted by Gasteiger charge is -2.21. The van der Waals surface area contributed by atoms with Gasteiger partial charge in [-0.25, -0.2) is 9.59 Å². The quantitative estimate of drug-likeness (QED) is 0.627. The van der Waals surface area contributed by atoms with Gasteiger partial charge in [0.25, 0.3) is 0 Å². The van der Waals surface area contributed by atoms with Crippen molar-refractivity contribution in [1.82, 2.24) is 0 Å². The second-order valence-corrected chi connectivity index (χ2v) is 4.24. The molecule has 7 nitrogen and oxygen atoms in total. The minimum atomic E-state index is -0.671. The number of hydrogen-bond acceptors (Lipinski definition) is 7. The Kier molecular flexibility index (Phi) is 6.20. The number of esters is 2. The SMILES string of the molecule is COC(C)C(=O)OC1COCC1OC(=O)[C@@H](C)OC. The summed E-state index contributed by atoms with van der Waals surface area (Å²) in [6, 6.07) is 0. The first kappa shape index (κ1) is 15.9. The molecule has 0 aromatic heterocycles. The summed E-state index contributed by atoms with van der Waals surface area (Å²) in [6.45, 7) is 3.54. The fraction of sp³-hybridized carbons (Fsp3) is 0.833. The van der Waals surface area contributed by atoms with E-state index < -0.39 is 36.4 Å². The van der Waals surface area contributed by atoms with Gasteiger partial charge in [0, 0.05) is 14.2 Å². The summed E-state index contributed by atoms with van der Waals surface area (Å²) >= 11 is 0. The Morgan fingerprint density at radius 2 is 1.32 bits per heavy atom. The zero-order valence-electron chi connectivity index (χ0n) is 11.6. The lowest BCUT2D eigenvalue weighted by molar-refractivity contribution is -0.174. The highest BCUT2D eigenvalue weighted by atomic mass is 16.6. The lowest BCUT2D eigenvalue weighted by Crippen LogP contribution is -2.38. The standard InChI is InChI=1S/C12H20O7/c1-7(15-3)11(13)18-9-5-17-6-10(9)19-12(14)8(2)16-4/h7-10H,5-6H2,1-4H3/t7-,8?,9?,10?/m1/s1. The third-order valence-corrected chi connectivity index (χ3v) is 2.88. The molecule has 3 unspecified atom stereocenters. The van der Waals surface area contributed by atoms with E-state index in [2.05, 4.69) is 0 Å². The molecule has 0 N–H and O–H groups in total. The fourth-order valence-corrected chi connectivity index (χ4v) is 1.42. The van der Waals surface area contributed by atoms with E-state index in [9.17, 15) is 9.59 Å². The third kappa shape index (κ3) is 4.45. The number of rotatable bonds is 6. The number of methoxy groups -OCH3 is 2. The maximum Gasteiger partial charge on any atom is 0.335 e. The van der Waals surface area contributed by atoms with Crippen LogP contribution in [0.1, 0.15) is 13.8 Å². The average Bonchev–Trinajstić information content (AvgIpc) is 2.83. The largest absolute Gasteiger partial charge is 0.454 e. The van der Waals surface area contributed by atoms with Crippen molar-refractivity contribution in [3.8, 4) is 0 Å². The van der Waals surface area contributed by atoms with Crippen molar-refractivity contribution in [3.63, 3.8) is 0 Å². The van der Waals surface area contributed by atoms with Gasteiger partial charge >= 0.3 is 11.9 Å². The number of ether oxygens (including phenoxy) is 5. The van der Waals surface area contributed by atoms with Crippen molar-refractivity contribution in [1.29, 1.82) is 0 Å². The van der Waals surface area contributed by atoms with Crippen LogP contribution < -0.4 is 0 Å². The molecule has 19 heavy (non-hydrogen) atoms. The Morgan fingerprint density at radius 3 is 1.63 bits per heavy atom. The van der Waals surface area contributed by atoms with Crippen molar-refractivity contribution >= 4 is 11.9 Å². The van der Waals surface area contributed by atoms with E-state index in [0.29, 0.717) is 0 Å². The molecule has 1 heterocycles. The van der Waals surface area contributed by atoms with Crippen molar-refractivity contribution in [2.45, 2.75) is 38.3 Å². The summed E-state index contributed by atoms with van der Waals surface area (Å²) in [6.07, 6.45) is -2.57. The van der Waals surface area contributed by atoms with Crippen molar-refractivity contribution < 1.29 is 33.3 Å².